The average molecular weight is 796 g/mol. The summed E-state index contributed by atoms with van der Waals surface area (Å²) in [6, 6.07) is 42.0. The molecule has 4 aromatic heterocycles. The zero-order valence-electron chi connectivity index (χ0n) is 18.9. The third-order valence-electron chi connectivity index (χ3n) is 7.57. The number of fused-ring (bicyclic) bond motifs is 10. The molecule has 0 spiro atoms. The molecule has 5 aromatic carbocycles. The van der Waals surface area contributed by atoms with Crippen LogP contribution in [-0.2, 0) is 42.1 Å². The van der Waals surface area contributed by atoms with E-state index in [1.165, 1.54) is 59.9 Å². The number of hydrogen-bond acceptors (Lipinski definition) is 0. The fourth-order valence-corrected chi connectivity index (χ4v) is 6.29. The molecule has 0 aliphatic heterocycles. The molecule has 4 heterocycles. The summed E-state index contributed by atoms with van der Waals surface area (Å²) in [6.45, 7) is 0. The first kappa shape index (κ1) is 22.0. The maximum atomic E-state index is 3.70. The zero-order valence-corrected chi connectivity index (χ0v) is 24.8. The van der Waals surface area contributed by atoms with E-state index in [0.29, 0.717) is 0 Å². The quantitative estimate of drug-likeness (QED) is 0.149. The van der Waals surface area contributed by atoms with Gasteiger partial charge in [0.25, 0.3) is 0 Å². The molecule has 0 aliphatic carbocycles. The van der Waals surface area contributed by atoms with E-state index >= 15 is 0 Å². The van der Waals surface area contributed by atoms with Gasteiger partial charge in [-0.1, -0.05) is 54.6 Å². The van der Waals surface area contributed by atoms with Crippen molar-refractivity contribution in [1.29, 1.82) is 0 Å². The Morgan fingerprint density at radius 1 is 0.500 bits per heavy atom. The number of rotatable bonds is 1. The Kier molecular flexibility index (Phi) is 4.69. The minimum Gasteiger partial charge on any atom is -0.406 e. The van der Waals surface area contributed by atoms with E-state index in [0.717, 1.165) is 16.6 Å². The summed E-state index contributed by atoms with van der Waals surface area (Å²) in [5.41, 5.74) is 8.45. The Balaban J connectivity index is 0.00000110. The van der Waals surface area contributed by atoms with Crippen LogP contribution in [0.5, 0.6) is 0 Å². The molecule has 0 atom stereocenters. The van der Waals surface area contributed by atoms with Gasteiger partial charge in [0.1, 0.15) is 0 Å². The summed E-state index contributed by atoms with van der Waals surface area (Å²) >= 11 is 0. The summed E-state index contributed by atoms with van der Waals surface area (Å²) in [5.74, 6) is 0. The van der Waals surface area contributed by atoms with Crippen LogP contribution in [0.15, 0.2) is 97.1 Å². The molecule has 36 heavy (non-hydrogen) atoms. The van der Waals surface area contributed by atoms with Crippen molar-refractivity contribution < 1.29 is 42.1 Å². The monoisotopic (exact) mass is 796 g/mol. The Bertz CT molecular complexity index is 2220. The second-order valence-corrected chi connectivity index (χ2v) is 9.20. The second-order valence-electron chi connectivity index (χ2n) is 9.20. The van der Waals surface area contributed by atoms with Crippen molar-refractivity contribution in [3.63, 3.8) is 0 Å². The summed E-state index contributed by atoms with van der Waals surface area (Å²) in [5, 5.41) is 8.92. The van der Waals surface area contributed by atoms with Crippen LogP contribution < -0.4 is 0 Å². The van der Waals surface area contributed by atoms with Gasteiger partial charge < -0.3 is 8.80 Å². The van der Waals surface area contributed by atoms with Gasteiger partial charge in [0.2, 0.25) is 0 Å². The van der Waals surface area contributed by atoms with Crippen LogP contribution in [0, 0.1) is 12.1 Å². The normalized spacial score (nSPS) is 12.0. The van der Waals surface area contributed by atoms with E-state index in [2.05, 4.69) is 106 Å². The molecule has 0 amide bonds. The molecule has 0 aliphatic rings. The predicted molar refractivity (Wildman–Crippen MR) is 141 cm³/mol. The van der Waals surface area contributed by atoms with Gasteiger partial charge in [-0.2, -0.15) is 30.3 Å². The second kappa shape index (κ2) is 7.66. The van der Waals surface area contributed by atoms with Crippen molar-refractivity contribution in [2.24, 2.45) is 0 Å². The molecule has 0 radical (unpaired) electrons. The van der Waals surface area contributed by atoms with E-state index in [1.54, 1.807) is 0 Å². The minimum atomic E-state index is 0. The third kappa shape index (κ3) is 2.49. The topological polar surface area (TPSA) is 8.82 Å². The van der Waals surface area contributed by atoms with Crippen LogP contribution in [0.3, 0.4) is 0 Å². The van der Waals surface area contributed by atoms with E-state index in [9.17, 15) is 0 Å². The number of benzene rings is 5. The molecule has 9 rings (SSSR count). The number of nitrogens with zero attached hydrogens (tertiary/aromatic N) is 2. The molecule has 0 saturated heterocycles. The van der Waals surface area contributed by atoms with Crippen LogP contribution in [0.1, 0.15) is 0 Å². The summed E-state index contributed by atoms with van der Waals surface area (Å²) in [6.07, 6.45) is 0. The Hall–Kier alpha value is -3.18. The van der Waals surface area contributed by atoms with Crippen LogP contribution >= 0.6 is 0 Å². The van der Waals surface area contributed by atoms with Crippen LogP contribution in [0.2, 0.25) is 0 Å². The standard InChI is InChI=1S/C32H16N2.2W/c1-2-8-19(9-3-1)28-18-20-10-6-12-23-25-16-17-26-24-14-7-13-22-21-11-4-5-15-27(21)33(30(22)24)31(26)32(25)34(28)29(20)23;;/h1-8,10-17H;;/q-2;;+2. The first-order chi connectivity index (χ1) is 16.9. The van der Waals surface area contributed by atoms with E-state index in [1.807, 2.05) is 12.1 Å². The van der Waals surface area contributed by atoms with Gasteiger partial charge in [-0.05, 0) is 22.4 Å². The molecule has 4 heteroatoms. The van der Waals surface area contributed by atoms with Crippen molar-refractivity contribution in [1.82, 2.24) is 8.80 Å². The van der Waals surface area contributed by atoms with Crippen molar-refractivity contribution >= 4 is 65.3 Å². The van der Waals surface area contributed by atoms with Gasteiger partial charge in [0.05, 0.1) is 22.1 Å². The van der Waals surface area contributed by atoms with E-state index < -0.39 is 0 Å². The van der Waals surface area contributed by atoms with Gasteiger partial charge in [0.15, 0.2) is 0 Å². The summed E-state index contributed by atoms with van der Waals surface area (Å²) in [7, 11) is 0. The number of hydrogen-bond donors (Lipinski definition) is 0. The van der Waals surface area contributed by atoms with Gasteiger partial charge in [0, 0.05) is 42.6 Å². The maximum absolute atomic E-state index is 3.70. The van der Waals surface area contributed by atoms with Crippen molar-refractivity contribution in [2.75, 3.05) is 0 Å². The first-order valence-corrected chi connectivity index (χ1v) is 11.6. The van der Waals surface area contributed by atoms with Crippen LogP contribution in [-0.4, -0.2) is 8.80 Å². The Labute approximate surface area is 235 Å². The smallest absolute Gasteiger partial charge is 0.406 e. The molecule has 9 aromatic rings. The molecule has 0 N–H and O–H groups in total. The molecule has 0 bridgehead atoms. The van der Waals surface area contributed by atoms with Crippen molar-refractivity contribution in [3.8, 4) is 11.3 Å². The molecular formula is C32H16N2W2. The number of aromatic nitrogens is 2. The molecule has 0 fully saturated rings. The summed E-state index contributed by atoms with van der Waals surface area (Å²) < 4.78 is 4.92. The summed E-state index contributed by atoms with van der Waals surface area (Å²) in [4.78, 5) is 0. The van der Waals surface area contributed by atoms with Gasteiger partial charge in [-0.15, -0.1) is 29.3 Å². The Morgan fingerprint density at radius 3 is 1.89 bits per heavy atom. The SMILES string of the molecule is [W+2].[W].[c-]1ccccc1-c1[c-]c2cccc3c4ccc5c6cccc7c8ccccc8n(c76)c5c4n1c23. The average Bonchev–Trinajstić information content (AvgIpc) is 3.63. The molecule has 0 saturated carbocycles. The fraction of sp³-hybridized carbons (Fsp3) is 0. The Morgan fingerprint density at radius 2 is 1.11 bits per heavy atom. The van der Waals surface area contributed by atoms with Crippen molar-refractivity contribution in [3.05, 3.63) is 109 Å². The number of para-hydroxylation sites is 3. The molecule has 2 nitrogen and oxygen atoms in total. The van der Waals surface area contributed by atoms with Gasteiger partial charge in [-0.3, -0.25) is 0 Å². The molecule has 166 valence electrons. The molecule has 0 unspecified atom stereocenters. The van der Waals surface area contributed by atoms with Crippen molar-refractivity contribution in [2.45, 2.75) is 0 Å². The molecular weight excluding hydrogens is 780 g/mol. The van der Waals surface area contributed by atoms with Gasteiger partial charge >= 0.3 is 21.1 Å². The fourth-order valence-electron chi connectivity index (χ4n) is 6.29. The minimum absolute atomic E-state index is 0. The predicted octanol–water partition coefficient (Wildman–Crippen LogP) is 8.10. The van der Waals surface area contributed by atoms with E-state index in [4.69, 9.17) is 0 Å². The van der Waals surface area contributed by atoms with Crippen LogP contribution in [0.25, 0.3) is 76.5 Å². The zero-order chi connectivity index (χ0) is 22.0. The van der Waals surface area contributed by atoms with E-state index in [-0.39, 0.29) is 42.1 Å². The third-order valence-corrected chi connectivity index (χ3v) is 7.57. The largest absolute Gasteiger partial charge is 2.00 e. The maximum Gasteiger partial charge on any atom is 2.00 e. The van der Waals surface area contributed by atoms with Crippen LogP contribution in [0.4, 0.5) is 0 Å². The van der Waals surface area contributed by atoms with Gasteiger partial charge in [-0.25, -0.2) is 5.56 Å². The first-order valence-electron chi connectivity index (χ1n) is 11.6.